The minimum absolute atomic E-state index is 0.0303. The van der Waals surface area contributed by atoms with Crippen molar-refractivity contribution in [3.05, 3.63) is 29.6 Å². The second kappa shape index (κ2) is 4.53. The van der Waals surface area contributed by atoms with Gasteiger partial charge >= 0.3 is 0 Å². The third-order valence-electron chi connectivity index (χ3n) is 2.85. The van der Waals surface area contributed by atoms with Crippen LogP contribution in [0.15, 0.2) is 18.2 Å². The van der Waals surface area contributed by atoms with E-state index in [1.165, 1.54) is 0 Å². The van der Waals surface area contributed by atoms with E-state index in [1.54, 1.807) is 29.0 Å². The van der Waals surface area contributed by atoms with Crippen molar-refractivity contribution >= 4 is 11.8 Å². The fourth-order valence-corrected chi connectivity index (χ4v) is 1.76. The van der Waals surface area contributed by atoms with E-state index in [0.717, 1.165) is 5.69 Å². The van der Waals surface area contributed by atoms with E-state index in [9.17, 15) is 9.59 Å². The minimum atomic E-state index is -0.171. The van der Waals surface area contributed by atoms with Crippen LogP contribution in [0.2, 0.25) is 0 Å². The quantitative estimate of drug-likeness (QED) is 0.701. The first-order chi connectivity index (χ1) is 8.08. The van der Waals surface area contributed by atoms with Gasteiger partial charge in [0.05, 0.1) is 0 Å². The van der Waals surface area contributed by atoms with Crippen molar-refractivity contribution in [3.8, 4) is 0 Å². The summed E-state index contributed by atoms with van der Waals surface area (Å²) in [5, 5.41) is 0. The average Bonchev–Trinajstić information content (AvgIpc) is 2.32. The fourth-order valence-electron chi connectivity index (χ4n) is 1.76. The molecule has 1 aromatic heterocycles. The molecule has 0 atom stereocenters. The van der Waals surface area contributed by atoms with Crippen LogP contribution in [0.5, 0.6) is 0 Å². The fraction of sp³-hybridized carbons (Fsp3) is 0.417. The maximum atomic E-state index is 12.1. The number of piperazine rings is 1. The molecule has 0 radical (unpaired) electrons. The van der Waals surface area contributed by atoms with Gasteiger partial charge in [-0.25, -0.2) is 4.98 Å². The van der Waals surface area contributed by atoms with Crippen molar-refractivity contribution in [2.45, 2.75) is 6.92 Å². The Morgan fingerprint density at radius 3 is 2.76 bits per heavy atom. The minimum Gasteiger partial charge on any atom is -0.342 e. The topological polar surface area (TPSA) is 53.5 Å². The van der Waals surface area contributed by atoms with Crippen molar-refractivity contribution < 1.29 is 9.59 Å². The highest BCUT2D eigenvalue weighted by molar-refractivity contribution is 5.95. The molecule has 0 aromatic carbocycles. The zero-order valence-corrected chi connectivity index (χ0v) is 10.0. The molecule has 0 unspecified atom stereocenters. The number of pyridine rings is 1. The summed E-state index contributed by atoms with van der Waals surface area (Å²) in [7, 11) is 1.75. The Hall–Kier alpha value is -1.91. The SMILES string of the molecule is Cc1cccc(C(=O)N2CCN(C)C(=O)C2)n1. The van der Waals surface area contributed by atoms with Crippen LogP contribution >= 0.6 is 0 Å². The predicted molar refractivity (Wildman–Crippen MR) is 62.5 cm³/mol. The summed E-state index contributed by atoms with van der Waals surface area (Å²) in [4.78, 5) is 31.0. The van der Waals surface area contributed by atoms with E-state index in [0.29, 0.717) is 18.8 Å². The number of hydrogen-bond donors (Lipinski definition) is 0. The van der Waals surface area contributed by atoms with E-state index >= 15 is 0 Å². The van der Waals surface area contributed by atoms with Gasteiger partial charge in [-0.15, -0.1) is 0 Å². The number of likely N-dealkylation sites (N-methyl/N-ethyl adjacent to an activating group) is 1. The lowest BCUT2D eigenvalue weighted by atomic mass is 10.2. The highest BCUT2D eigenvalue weighted by Gasteiger charge is 2.26. The number of carbonyl (C=O) groups is 2. The molecule has 2 heterocycles. The molecule has 90 valence electrons. The van der Waals surface area contributed by atoms with Gasteiger partial charge in [-0.3, -0.25) is 9.59 Å². The molecule has 0 aliphatic carbocycles. The smallest absolute Gasteiger partial charge is 0.272 e. The molecular formula is C12H15N3O2. The molecule has 2 rings (SSSR count). The Labute approximate surface area is 100 Å². The summed E-state index contributed by atoms with van der Waals surface area (Å²) in [5.74, 6) is -0.201. The van der Waals surface area contributed by atoms with Crippen molar-refractivity contribution in [3.63, 3.8) is 0 Å². The van der Waals surface area contributed by atoms with Crippen molar-refractivity contribution in [1.82, 2.24) is 14.8 Å². The largest absolute Gasteiger partial charge is 0.342 e. The van der Waals surface area contributed by atoms with Crippen LogP contribution in [-0.2, 0) is 4.79 Å². The maximum Gasteiger partial charge on any atom is 0.272 e. The second-order valence-electron chi connectivity index (χ2n) is 4.21. The van der Waals surface area contributed by atoms with Gasteiger partial charge in [0.25, 0.3) is 5.91 Å². The van der Waals surface area contributed by atoms with Gasteiger partial charge in [-0.1, -0.05) is 6.07 Å². The van der Waals surface area contributed by atoms with E-state index in [4.69, 9.17) is 0 Å². The van der Waals surface area contributed by atoms with E-state index in [-0.39, 0.29) is 18.4 Å². The molecule has 0 N–H and O–H groups in total. The molecule has 1 saturated heterocycles. The number of carbonyl (C=O) groups excluding carboxylic acids is 2. The van der Waals surface area contributed by atoms with E-state index < -0.39 is 0 Å². The Bertz CT molecular complexity index is 459. The lowest BCUT2D eigenvalue weighted by Gasteiger charge is -2.31. The molecule has 1 aromatic rings. The molecule has 1 aliphatic rings. The molecule has 5 heteroatoms. The number of aromatic nitrogens is 1. The summed E-state index contributed by atoms with van der Waals surface area (Å²) in [6, 6.07) is 5.32. The van der Waals surface area contributed by atoms with Crippen molar-refractivity contribution in [2.75, 3.05) is 26.7 Å². The maximum absolute atomic E-state index is 12.1. The van der Waals surface area contributed by atoms with Crippen molar-refractivity contribution in [1.29, 1.82) is 0 Å². The van der Waals surface area contributed by atoms with Gasteiger partial charge < -0.3 is 9.80 Å². The van der Waals surface area contributed by atoms with E-state index in [1.807, 2.05) is 13.0 Å². The number of hydrogen-bond acceptors (Lipinski definition) is 3. The summed E-state index contributed by atoms with van der Waals surface area (Å²) < 4.78 is 0. The monoisotopic (exact) mass is 233 g/mol. The highest BCUT2D eigenvalue weighted by atomic mass is 16.2. The summed E-state index contributed by atoms with van der Waals surface area (Å²) in [6.07, 6.45) is 0. The highest BCUT2D eigenvalue weighted by Crippen LogP contribution is 2.07. The summed E-state index contributed by atoms with van der Waals surface area (Å²) >= 11 is 0. The Kier molecular flexibility index (Phi) is 3.08. The molecule has 0 bridgehead atoms. The standard InChI is InChI=1S/C12H15N3O2/c1-9-4-3-5-10(13-9)12(17)15-7-6-14(2)11(16)8-15/h3-5H,6-8H2,1-2H3. The van der Waals surface area contributed by atoms with Crippen LogP contribution < -0.4 is 0 Å². The van der Waals surface area contributed by atoms with Crippen LogP contribution in [0.25, 0.3) is 0 Å². The molecule has 5 nitrogen and oxygen atoms in total. The predicted octanol–water partition coefficient (Wildman–Crippen LogP) is 0.304. The van der Waals surface area contributed by atoms with Gasteiger partial charge in [0.1, 0.15) is 12.2 Å². The lowest BCUT2D eigenvalue weighted by molar-refractivity contribution is -0.133. The number of nitrogens with zero attached hydrogens (tertiary/aromatic N) is 3. The molecule has 17 heavy (non-hydrogen) atoms. The van der Waals surface area contributed by atoms with E-state index in [2.05, 4.69) is 4.98 Å². The third-order valence-corrected chi connectivity index (χ3v) is 2.85. The number of aryl methyl sites for hydroxylation is 1. The summed E-state index contributed by atoms with van der Waals surface area (Å²) in [5.41, 5.74) is 1.21. The molecular weight excluding hydrogens is 218 g/mol. The first kappa shape index (κ1) is 11.6. The molecule has 0 spiro atoms. The molecule has 0 saturated carbocycles. The zero-order valence-electron chi connectivity index (χ0n) is 10.0. The summed E-state index contributed by atoms with van der Waals surface area (Å²) in [6.45, 7) is 3.13. The Morgan fingerprint density at radius 2 is 2.12 bits per heavy atom. The van der Waals surface area contributed by atoms with Gasteiger partial charge in [0.2, 0.25) is 5.91 Å². The van der Waals surface area contributed by atoms with Crippen LogP contribution in [-0.4, -0.2) is 53.3 Å². The van der Waals surface area contributed by atoms with Gasteiger partial charge in [-0.05, 0) is 19.1 Å². The first-order valence-electron chi connectivity index (χ1n) is 5.55. The first-order valence-corrected chi connectivity index (χ1v) is 5.55. The molecule has 2 amide bonds. The van der Waals surface area contributed by atoms with Crippen LogP contribution in [0.3, 0.4) is 0 Å². The Morgan fingerprint density at radius 1 is 1.35 bits per heavy atom. The average molecular weight is 233 g/mol. The van der Waals surface area contributed by atoms with Crippen molar-refractivity contribution in [2.24, 2.45) is 0 Å². The normalized spacial score (nSPS) is 16.2. The molecule has 1 aliphatic heterocycles. The van der Waals surface area contributed by atoms with Crippen LogP contribution in [0.4, 0.5) is 0 Å². The molecule has 1 fully saturated rings. The lowest BCUT2D eigenvalue weighted by Crippen LogP contribution is -2.50. The van der Waals surface area contributed by atoms with Gasteiger partial charge in [0.15, 0.2) is 0 Å². The van der Waals surface area contributed by atoms with Gasteiger partial charge in [0, 0.05) is 25.8 Å². The second-order valence-corrected chi connectivity index (χ2v) is 4.21. The van der Waals surface area contributed by atoms with Crippen LogP contribution in [0, 0.1) is 6.92 Å². The van der Waals surface area contributed by atoms with Crippen LogP contribution in [0.1, 0.15) is 16.2 Å². The number of rotatable bonds is 1. The number of amides is 2. The Balaban J connectivity index is 2.13. The third kappa shape index (κ3) is 2.43. The zero-order chi connectivity index (χ0) is 12.4. The van der Waals surface area contributed by atoms with Gasteiger partial charge in [-0.2, -0.15) is 0 Å².